The number of thioether (sulfide) groups is 1. The average Bonchev–Trinajstić information content (AvgIpc) is 2.66. The molecule has 10 heteroatoms. The molecule has 1 atom stereocenters. The lowest BCUT2D eigenvalue weighted by Gasteiger charge is -2.17. The predicted octanol–water partition coefficient (Wildman–Crippen LogP) is 4.37. The second-order valence-corrected chi connectivity index (χ2v) is 6.38. The first-order chi connectivity index (χ1) is 12.7. The molecular weight excluding hydrogens is 398 g/mol. The first-order valence-corrected chi connectivity index (χ1v) is 8.10. The standard InChI is InChI=1S/C17H10F6O3S/c1-26-17(25)9(6-7-4-2-3-5-8(7)16(23)24)27-15-13(21)11(19)10(18)12(20)14(15)22/h2-5,9H,6H2,1H3. The SMILES string of the molecule is COC(=O)C(Cc1ccccc1C(=O)F)Sc1c(F)c(F)c(F)c(F)c1F. The maximum absolute atomic E-state index is 13.9. The van der Waals surface area contributed by atoms with Crippen LogP contribution in [0.25, 0.3) is 0 Å². The van der Waals surface area contributed by atoms with Gasteiger partial charge in [0.05, 0.1) is 17.6 Å². The van der Waals surface area contributed by atoms with Gasteiger partial charge in [-0.05, 0) is 18.1 Å². The molecule has 2 rings (SSSR count). The van der Waals surface area contributed by atoms with Gasteiger partial charge in [0, 0.05) is 0 Å². The zero-order valence-electron chi connectivity index (χ0n) is 13.5. The van der Waals surface area contributed by atoms with Crippen molar-refractivity contribution in [3.8, 4) is 0 Å². The first-order valence-electron chi connectivity index (χ1n) is 7.22. The van der Waals surface area contributed by atoms with Crippen LogP contribution in [0.2, 0.25) is 0 Å². The maximum Gasteiger partial charge on any atom is 0.332 e. The van der Waals surface area contributed by atoms with Crippen molar-refractivity contribution < 1.29 is 40.7 Å². The van der Waals surface area contributed by atoms with E-state index in [1.54, 1.807) is 0 Å². The smallest absolute Gasteiger partial charge is 0.332 e. The van der Waals surface area contributed by atoms with E-state index in [4.69, 9.17) is 0 Å². The van der Waals surface area contributed by atoms with Crippen molar-refractivity contribution in [1.29, 1.82) is 0 Å². The van der Waals surface area contributed by atoms with Crippen LogP contribution >= 0.6 is 11.8 Å². The van der Waals surface area contributed by atoms with Gasteiger partial charge in [-0.3, -0.25) is 9.59 Å². The van der Waals surface area contributed by atoms with E-state index in [1.165, 1.54) is 18.2 Å². The van der Waals surface area contributed by atoms with Crippen LogP contribution in [0.5, 0.6) is 0 Å². The lowest BCUT2D eigenvalue weighted by molar-refractivity contribution is -0.139. The quantitative estimate of drug-likeness (QED) is 0.178. The number of methoxy groups -OCH3 is 1. The molecule has 0 aliphatic carbocycles. The fraction of sp³-hybridized carbons (Fsp3) is 0.176. The lowest BCUT2D eigenvalue weighted by Crippen LogP contribution is -2.23. The van der Waals surface area contributed by atoms with Crippen LogP contribution in [-0.2, 0) is 16.0 Å². The Morgan fingerprint density at radius 1 is 0.963 bits per heavy atom. The third-order valence-corrected chi connectivity index (χ3v) is 4.77. The summed E-state index contributed by atoms with van der Waals surface area (Å²) in [5, 5.41) is -1.51. The Morgan fingerprint density at radius 3 is 2.00 bits per heavy atom. The lowest BCUT2D eigenvalue weighted by atomic mass is 10.0. The molecule has 144 valence electrons. The molecule has 0 N–H and O–H groups in total. The molecule has 0 aliphatic rings. The van der Waals surface area contributed by atoms with Crippen molar-refractivity contribution in [1.82, 2.24) is 0 Å². The number of halogens is 6. The summed E-state index contributed by atoms with van der Waals surface area (Å²) in [6.07, 6.45) is -0.456. The van der Waals surface area contributed by atoms with Gasteiger partial charge >= 0.3 is 12.0 Å². The summed E-state index contributed by atoms with van der Waals surface area (Å²) in [6.45, 7) is 0. The third kappa shape index (κ3) is 4.26. The summed E-state index contributed by atoms with van der Waals surface area (Å²) >= 11 is 0.0220. The van der Waals surface area contributed by atoms with E-state index in [0.717, 1.165) is 13.2 Å². The summed E-state index contributed by atoms with van der Waals surface area (Å²) in [6, 6.07) is 3.35. The molecule has 2 aromatic carbocycles. The number of hydrogen-bond donors (Lipinski definition) is 0. The molecule has 1 unspecified atom stereocenters. The summed E-state index contributed by atoms with van der Waals surface area (Å²) in [5.41, 5.74) is -0.402. The topological polar surface area (TPSA) is 43.4 Å². The van der Waals surface area contributed by atoms with E-state index in [2.05, 4.69) is 4.74 Å². The highest BCUT2D eigenvalue weighted by Gasteiger charge is 2.31. The Kier molecular flexibility index (Phi) is 6.53. The van der Waals surface area contributed by atoms with Crippen molar-refractivity contribution >= 4 is 23.8 Å². The fourth-order valence-electron chi connectivity index (χ4n) is 2.22. The van der Waals surface area contributed by atoms with Crippen molar-refractivity contribution in [3.05, 3.63) is 64.5 Å². The minimum Gasteiger partial charge on any atom is -0.468 e. The highest BCUT2D eigenvalue weighted by Crippen LogP contribution is 2.35. The minimum absolute atomic E-state index is 0.00299. The van der Waals surface area contributed by atoms with Crippen molar-refractivity contribution in [3.63, 3.8) is 0 Å². The van der Waals surface area contributed by atoms with Crippen LogP contribution in [0, 0.1) is 29.1 Å². The van der Waals surface area contributed by atoms with E-state index in [0.29, 0.717) is 0 Å². The number of hydrogen-bond acceptors (Lipinski definition) is 4. The van der Waals surface area contributed by atoms with Crippen molar-refractivity contribution in [2.75, 3.05) is 7.11 Å². The van der Waals surface area contributed by atoms with E-state index in [1.807, 2.05) is 0 Å². The maximum atomic E-state index is 13.9. The van der Waals surface area contributed by atoms with Crippen molar-refractivity contribution in [2.45, 2.75) is 16.6 Å². The molecule has 0 spiro atoms. The minimum atomic E-state index is -2.34. The zero-order valence-corrected chi connectivity index (χ0v) is 14.3. The Labute approximate surface area is 153 Å². The Hall–Kier alpha value is -2.49. The van der Waals surface area contributed by atoms with Gasteiger partial charge in [-0.2, -0.15) is 4.39 Å². The molecule has 27 heavy (non-hydrogen) atoms. The second kappa shape index (κ2) is 8.47. The number of ether oxygens (including phenoxy) is 1. The molecule has 0 amide bonds. The Bertz CT molecular complexity index is 873. The van der Waals surface area contributed by atoms with Gasteiger partial charge in [0.15, 0.2) is 23.3 Å². The Balaban J connectivity index is 2.46. The van der Waals surface area contributed by atoms with E-state index in [9.17, 15) is 35.9 Å². The van der Waals surface area contributed by atoms with Crippen LogP contribution < -0.4 is 0 Å². The highest BCUT2D eigenvalue weighted by atomic mass is 32.2. The summed E-state index contributed by atoms with van der Waals surface area (Å²) < 4.78 is 85.2. The molecule has 3 nitrogen and oxygen atoms in total. The third-order valence-electron chi connectivity index (χ3n) is 3.53. The average molecular weight is 408 g/mol. The molecule has 0 fully saturated rings. The molecule has 0 heterocycles. The largest absolute Gasteiger partial charge is 0.468 e. The number of rotatable bonds is 6. The van der Waals surface area contributed by atoms with Crippen molar-refractivity contribution in [2.24, 2.45) is 0 Å². The molecule has 2 aromatic rings. The van der Waals surface area contributed by atoms with Crippen LogP contribution in [-0.4, -0.2) is 24.4 Å². The Morgan fingerprint density at radius 2 is 1.48 bits per heavy atom. The van der Waals surface area contributed by atoms with Gasteiger partial charge in [0.2, 0.25) is 5.82 Å². The molecular formula is C17H10F6O3S. The summed E-state index contributed by atoms with van der Waals surface area (Å²) in [7, 11) is 0.945. The van der Waals surface area contributed by atoms with Crippen LogP contribution in [0.4, 0.5) is 26.3 Å². The van der Waals surface area contributed by atoms with Gasteiger partial charge in [-0.15, -0.1) is 11.8 Å². The molecule has 0 saturated heterocycles. The van der Waals surface area contributed by atoms with Crippen LogP contribution in [0.3, 0.4) is 0 Å². The molecule has 0 saturated carbocycles. The number of carbonyl (C=O) groups excluding carboxylic acids is 2. The molecule has 0 radical (unpaired) electrons. The van der Waals surface area contributed by atoms with Gasteiger partial charge in [0.25, 0.3) is 0 Å². The van der Waals surface area contributed by atoms with Gasteiger partial charge in [-0.1, -0.05) is 18.2 Å². The molecule has 0 aromatic heterocycles. The predicted molar refractivity (Wildman–Crippen MR) is 83.5 cm³/mol. The van der Waals surface area contributed by atoms with Gasteiger partial charge in [0.1, 0.15) is 5.25 Å². The molecule has 0 bridgehead atoms. The summed E-state index contributed by atoms with van der Waals surface area (Å²) in [4.78, 5) is 21.7. The van der Waals surface area contributed by atoms with E-state index < -0.39 is 63.2 Å². The number of benzene rings is 2. The normalized spacial score (nSPS) is 12.0. The van der Waals surface area contributed by atoms with Crippen LogP contribution in [0.1, 0.15) is 15.9 Å². The van der Waals surface area contributed by atoms with Gasteiger partial charge in [-0.25, -0.2) is 22.0 Å². The van der Waals surface area contributed by atoms with E-state index in [-0.39, 0.29) is 17.3 Å². The zero-order chi connectivity index (χ0) is 20.3. The van der Waals surface area contributed by atoms with Crippen LogP contribution in [0.15, 0.2) is 29.2 Å². The molecule has 0 aliphatic heterocycles. The first kappa shape index (κ1) is 20.8. The van der Waals surface area contributed by atoms with Gasteiger partial charge < -0.3 is 4.74 Å². The van der Waals surface area contributed by atoms with E-state index >= 15 is 0 Å². The summed E-state index contributed by atoms with van der Waals surface area (Å²) in [5.74, 6) is -12.0. The highest BCUT2D eigenvalue weighted by molar-refractivity contribution is 8.00. The number of esters is 1. The monoisotopic (exact) mass is 408 g/mol. The second-order valence-electron chi connectivity index (χ2n) is 5.16. The number of carbonyl (C=O) groups is 2. The fourth-order valence-corrected chi connectivity index (χ4v) is 3.35.